The molecule has 158 valence electrons. The average Bonchev–Trinajstić information content (AvgIpc) is 3.38. The Kier molecular flexibility index (Phi) is 5.59. The third-order valence-electron chi connectivity index (χ3n) is 6.66. The molecular formula is C24H26ClNO3S. The summed E-state index contributed by atoms with van der Waals surface area (Å²) in [7, 11) is 0. The molecule has 0 N–H and O–H groups in total. The van der Waals surface area contributed by atoms with Gasteiger partial charge in [0.2, 0.25) is 12.7 Å². The molecule has 1 saturated carbocycles. The van der Waals surface area contributed by atoms with Crippen LogP contribution in [-0.4, -0.2) is 36.4 Å². The van der Waals surface area contributed by atoms with E-state index in [4.69, 9.17) is 21.1 Å². The summed E-state index contributed by atoms with van der Waals surface area (Å²) in [5.74, 6) is 2.90. The number of amides is 1. The zero-order valence-corrected chi connectivity index (χ0v) is 18.5. The van der Waals surface area contributed by atoms with Gasteiger partial charge < -0.3 is 14.4 Å². The van der Waals surface area contributed by atoms with Crippen LogP contribution in [0, 0.1) is 0 Å². The van der Waals surface area contributed by atoms with Crippen molar-refractivity contribution in [3.63, 3.8) is 0 Å². The zero-order chi connectivity index (χ0) is 20.6. The SMILES string of the molecule is O=C(N1CCSC(c2ccc3c(c2)OCO3)CC1)C1(c2ccc(Cl)cc2)CCCC1. The largest absolute Gasteiger partial charge is 0.454 e. The highest BCUT2D eigenvalue weighted by Crippen LogP contribution is 2.45. The summed E-state index contributed by atoms with van der Waals surface area (Å²) < 4.78 is 11.0. The molecule has 1 amide bonds. The maximum Gasteiger partial charge on any atom is 0.233 e. The van der Waals surface area contributed by atoms with Gasteiger partial charge in [0.15, 0.2) is 11.5 Å². The lowest BCUT2D eigenvalue weighted by Gasteiger charge is -2.34. The summed E-state index contributed by atoms with van der Waals surface area (Å²) in [4.78, 5) is 15.9. The lowest BCUT2D eigenvalue weighted by molar-refractivity contribution is -0.137. The lowest BCUT2D eigenvalue weighted by Crippen LogP contribution is -2.46. The van der Waals surface area contributed by atoms with E-state index >= 15 is 0 Å². The smallest absolute Gasteiger partial charge is 0.233 e. The number of thioether (sulfide) groups is 1. The number of halogens is 1. The molecule has 0 bridgehead atoms. The topological polar surface area (TPSA) is 38.8 Å². The summed E-state index contributed by atoms with van der Waals surface area (Å²) in [5.41, 5.74) is 2.00. The van der Waals surface area contributed by atoms with E-state index in [1.165, 1.54) is 5.56 Å². The summed E-state index contributed by atoms with van der Waals surface area (Å²) in [5, 5.41) is 1.09. The average molecular weight is 444 g/mol. The van der Waals surface area contributed by atoms with E-state index in [0.717, 1.165) is 73.0 Å². The van der Waals surface area contributed by atoms with Crippen LogP contribution in [0.5, 0.6) is 11.5 Å². The van der Waals surface area contributed by atoms with Crippen molar-refractivity contribution in [2.75, 3.05) is 25.6 Å². The number of ether oxygens (including phenoxy) is 2. The summed E-state index contributed by atoms with van der Waals surface area (Å²) >= 11 is 8.04. The van der Waals surface area contributed by atoms with Crippen LogP contribution in [-0.2, 0) is 10.2 Å². The minimum atomic E-state index is -0.381. The first-order valence-corrected chi connectivity index (χ1v) is 12.1. The second-order valence-corrected chi connectivity index (χ2v) is 10.1. The molecule has 6 heteroatoms. The van der Waals surface area contributed by atoms with Gasteiger partial charge in [0.1, 0.15) is 0 Å². The van der Waals surface area contributed by atoms with Crippen LogP contribution in [0.4, 0.5) is 0 Å². The van der Waals surface area contributed by atoms with Gasteiger partial charge in [-0.3, -0.25) is 4.79 Å². The first-order valence-electron chi connectivity index (χ1n) is 10.7. The van der Waals surface area contributed by atoms with Gasteiger partial charge in [-0.05, 0) is 54.7 Å². The van der Waals surface area contributed by atoms with Gasteiger partial charge in [-0.2, -0.15) is 11.8 Å². The lowest BCUT2D eigenvalue weighted by atomic mass is 9.77. The Morgan fingerprint density at radius 1 is 1.03 bits per heavy atom. The van der Waals surface area contributed by atoms with Crippen molar-refractivity contribution < 1.29 is 14.3 Å². The molecule has 2 aliphatic heterocycles. The Hall–Kier alpha value is -1.85. The van der Waals surface area contributed by atoms with E-state index < -0.39 is 0 Å². The quantitative estimate of drug-likeness (QED) is 0.620. The highest BCUT2D eigenvalue weighted by Gasteiger charge is 2.45. The van der Waals surface area contributed by atoms with E-state index in [-0.39, 0.29) is 5.41 Å². The van der Waals surface area contributed by atoms with Gasteiger partial charge >= 0.3 is 0 Å². The molecule has 0 spiro atoms. The fourth-order valence-corrected chi connectivity index (χ4v) is 6.38. The number of carbonyl (C=O) groups is 1. The van der Waals surface area contributed by atoms with Crippen molar-refractivity contribution in [2.45, 2.75) is 42.8 Å². The Morgan fingerprint density at radius 3 is 2.60 bits per heavy atom. The molecule has 30 heavy (non-hydrogen) atoms. The Bertz CT molecular complexity index is 927. The van der Waals surface area contributed by atoms with Gasteiger partial charge in [0, 0.05) is 29.1 Å². The summed E-state index contributed by atoms with van der Waals surface area (Å²) in [6.07, 6.45) is 5.03. The van der Waals surface area contributed by atoms with E-state index in [9.17, 15) is 4.79 Å². The first kappa shape index (κ1) is 20.1. The summed E-state index contributed by atoms with van der Waals surface area (Å²) in [6.45, 7) is 1.89. The first-order chi connectivity index (χ1) is 14.7. The van der Waals surface area contributed by atoms with Crippen molar-refractivity contribution in [3.8, 4) is 11.5 Å². The molecule has 2 aromatic carbocycles. The van der Waals surface area contributed by atoms with Crippen LogP contribution in [0.25, 0.3) is 0 Å². The van der Waals surface area contributed by atoms with E-state index in [0.29, 0.717) is 18.0 Å². The Balaban J connectivity index is 1.33. The molecule has 1 atom stereocenters. The second kappa shape index (κ2) is 8.35. The van der Waals surface area contributed by atoms with E-state index in [1.54, 1.807) is 0 Å². The Morgan fingerprint density at radius 2 is 1.80 bits per heavy atom. The van der Waals surface area contributed by atoms with Gasteiger partial charge in [-0.25, -0.2) is 0 Å². The Labute approximate surface area is 186 Å². The normalized spacial score (nSPS) is 22.7. The molecule has 1 unspecified atom stereocenters. The van der Waals surface area contributed by atoms with Crippen molar-refractivity contribution in [1.29, 1.82) is 0 Å². The van der Waals surface area contributed by atoms with Gasteiger partial charge in [-0.1, -0.05) is 42.6 Å². The zero-order valence-electron chi connectivity index (χ0n) is 16.9. The third kappa shape index (κ3) is 3.67. The number of rotatable bonds is 3. The molecule has 3 aliphatic rings. The molecule has 5 rings (SSSR count). The molecule has 4 nitrogen and oxygen atoms in total. The van der Waals surface area contributed by atoms with Crippen LogP contribution < -0.4 is 9.47 Å². The van der Waals surface area contributed by atoms with Crippen molar-refractivity contribution in [1.82, 2.24) is 4.90 Å². The maximum absolute atomic E-state index is 13.8. The minimum absolute atomic E-state index is 0.297. The van der Waals surface area contributed by atoms with E-state index in [1.807, 2.05) is 42.1 Å². The third-order valence-corrected chi connectivity index (χ3v) is 8.24. The highest BCUT2D eigenvalue weighted by atomic mass is 35.5. The van der Waals surface area contributed by atoms with E-state index in [2.05, 4.69) is 17.0 Å². The van der Waals surface area contributed by atoms with Gasteiger partial charge in [0.05, 0.1) is 5.41 Å². The molecule has 2 heterocycles. The fraction of sp³-hybridized carbons (Fsp3) is 0.458. The molecule has 0 aromatic heterocycles. The number of benzene rings is 2. The number of nitrogens with zero attached hydrogens (tertiary/aromatic N) is 1. The van der Waals surface area contributed by atoms with Crippen LogP contribution in [0.15, 0.2) is 42.5 Å². The van der Waals surface area contributed by atoms with Gasteiger partial charge in [-0.15, -0.1) is 0 Å². The minimum Gasteiger partial charge on any atom is -0.454 e. The van der Waals surface area contributed by atoms with Crippen LogP contribution in [0.3, 0.4) is 0 Å². The number of carbonyl (C=O) groups excluding carboxylic acids is 1. The maximum atomic E-state index is 13.8. The fourth-order valence-electron chi connectivity index (χ4n) is 5.03. The van der Waals surface area contributed by atoms with Crippen molar-refractivity contribution >= 4 is 29.3 Å². The highest BCUT2D eigenvalue weighted by molar-refractivity contribution is 7.99. The van der Waals surface area contributed by atoms with Crippen LogP contribution in [0.2, 0.25) is 5.02 Å². The predicted molar refractivity (Wildman–Crippen MR) is 121 cm³/mol. The van der Waals surface area contributed by atoms with Crippen LogP contribution >= 0.6 is 23.4 Å². The molecular weight excluding hydrogens is 418 g/mol. The molecule has 1 aliphatic carbocycles. The standard InChI is InChI=1S/C24H26ClNO3S/c25-19-6-4-18(5-7-19)24(10-1-2-11-24)23(27)26-12-9-22(30-14-13-26)17-3-8-20-21(15-17)29-16-28-20/h3-8,15,22H,1-2,9-14,16H2. The predicted octanol–water partition coefficient (Wildman–Crippen LogP) is 5.59. The number of fused-ring (bicyclic) bond motifs is 1. The summed E-state index contributed by atoms with van der Waals surface area (Å²) in [6, 6.07) is 14.2. The van der Waals surface area contributed by atoms with Gasteiger partial charge in [0.25, 0.3) is 0 Å². The molecule has 1 saturated heterocycles. The van der Waals surface area contributed by atoms with Crippen molar-refractivity contribution in [3.05, 3.63) is 58.6 Å². The van der Waals surface area contributed by atoms with Crippen molar-refractivity contribution in [2.24, 2.45) is 0 Å². The second-order valence-electron chi connectivity index (χ2n) is 8.35. The number of hydrogen-bond donors (Lipinski definition) is 0. The molecule has 2 fully saturated rings. The van der Waals surface area contributed by atoms with Crippen LogP contribution in [0.1, 0.15) is 48.5 Å². The molecule has 0 radical (unpaired) electrons. The molecule has 2 aromatic rings. The monoisotopic (exact) mass is 443 g/mol. The number of hydrogen-bond acceptors (Lipinski definition) is 4.